The topological polar surface area (TPSA) is 46.2 Å². The highest BCUT2D eigenvalue weighted by Gasteiger charge is 2.35. The maximum absolute atomic E-state index is 11.7. The molecule has 0 saturated heterocycles. The fourth-order valence-corrected chi connectivity index (χ4v) is 4.00. The molecule has 1 fully saturated rings. The van der Waals surface area contributed by atoms with Crippen molar-refractivity contribution < 1.29 is 8.42 Å². The standard InChI is InChI=1S/C11H23NO2S/c1-4-9-6-7-10(12-5-2)11(8-9)15(3,13)14/h9-12H,4-8H2,1-3H3. The van der Waals surface area contributed by atoms with Crippen molar-refractivity contribution in [3.8, 4) is 0 Å². The van der Waals surface area contributed by atoms with Crippen LogP contribution in [0.3, 0.4) is 0 Å². The molecule has 0 spiro atoms. The molecule has 0 radical (unpaired) electrons. The van der Waals surface area contributed by atoms with Crippen molar-refractivity contribution in [1.82, 2.24) is 5.32 Å². The second kappa shape index (κ2) is 5.30. The van der Waals surface area contributed by atoms with Crippen LogP contribution < -0.4 is 5.32 Å². The highest BCUT2D eigenvalue weighted by molar-refractivity contribution is 7.91. The number of rotatable bonds is 4. The summed E-state index contributed by atoms with van der Waals surface area (Å²) in [7, 11) is -2.90. The van der Waals surface area contributed by atoms with Crippen LogP contribution in [-0.4, -0.2) is 32.5 Å². The summed E-state index contributed by atoms with van der Waals surface area (Å²) in [4.78, 5) is 0. The van der Waals surface area contributed by atoms with Crippen molar-refractivity contribution in [3.63, 3.8) is 0 Å². The normalized spacial score (nSPS) is 32.9. The lowest BCUT2D eigenvalue weighted by molar-refractivity contribution is 0.290. The Balaban J connectivity index is 2.74. The fourth-order valence-electron chi connectivity index (χ4n) is 2.55. The second-order valence-electron chi connectivity index (χ2n) is 4.62. The molecule has 90 valence electrons. The van der Waals surface area contributed by atoms with Crippen LogP contribution >= 0.6 is 0 Å². The van der Waals surface area contributed by atoms with Crippen molar-refractivity contribution >= 4 is 9.84 Å². The van der Waals surface area contributed by atoms with Gasteiger partial charge in [-0.2, -0.15) is 0 Å². The summed E-state index contributed by atoms with van der Waals surface area (Å²) < 4.78 is 23.4. The maximum atomic E-state index is 11.7. The smallest absolute Gasteiger partial charge is 0.151 e. The Kier molecular flexibility index (Phi) is 4.59. The van der Waals surface area contributed by atoms with Gasteiger partial charge in [0.25, 0.3) is 0 Å². The number of nitrogens with one attached hydrogen (secondary N) is 1. The first kappa shape index (κ1) is 13.0. The van der Waals surface area contributed by atoms with Crippen LogP contribution in [0.2, 0.25) is 0 Å². The molecular formula is C11H23NO2S. The van der Waals surface area contributed by atoms with Gasteiger partial charge in [-0.1, -0.05) is 20.3 Å². The Morgan fingerprint density at radius 3 is 2.40 bits per heavy atom. The van der Waals surface area contributed by atoms with E-state index in [0.717, 1.165) is 25.8 Å². The molecule has 3 atom stereocenters. The average Bonchev–Trinajstić information content (AvgIpc) is 2.17. The summed E-state index contributed by atoms with van der Waals surface area (Å²) in [5.74, 6) is 0.597. The summed E-state index contributed by atoms with van der Waals surface area (Å²) in [5, 5.41) is 3.14. The van der Waals surface area contributed by atoms with Gasteiger partial charge >= 0.3 is 0 Å². The van der Waals surface area contributed by atoms with Gasteiger partial charge in [0.05, 0.1) is 5.25 Å². The zero-order valence-electron chi connectivity index (χ0n) is 9.99. The zero-order valence-corrected chi connectivity index (χ0v) is 10.8. The Morgan fingerprint density at radius 2 is 1.93 bits per heavy atom. The van der Waals surface area contributed by atoms with Crippen LogP contribution in [0.4, 0.5) is 0 Å². The van der Waals surface area contributed by atoms with Gasteiger partial charge in [0, 0.05) is 12.3 Å². The molecule has 1 saturated carbocycles. The van der Waals surface area contributed by atoms with E-state index in [1.165, 1.54) is 12.7 Å². The van der Waals surface area contributed by atoms with Gasteiger partial charge < -0.3 is 5.32 Å². The molecule has 0 amide bonds. The SMILES string of the molecule is CCNC1CCC(CC)CC1S(C)(=O)=O. The van der Waals surface area contributed by atoms with Gasteiger partial charge in [0.15, 0.2) is 9.84 Å². The van der Waals surface area contributed by atoms with E-state index < -0.39 is 9.84 Å². The molecule has 0 aromatic heterocycles. The molecule has 1 aliphatic rings. The molecule has 1 aliphatic carbocycles. The number of hydrogen-bond donors (Lipinski definition) is 1. The molecule has 0 aromatic carbocycles. The lowest BCUT2D eigenvalue weighted by atomic mass is 9.84. The van der Waals surface area contributed by atoms with Gasteiger partial charge in [-0.3, -0.25) is 0 Å². The molecule has 0 heterocycles. The first-order valence-electron chi connectivity index (χ1n) is 5.91. The van der Waals surface area contributed by atoms with Crippen LogP contribution in [-0.2, 0) is 9.84 Å². The molecule has 3 unspecified atom stereocenters. The molecule has 3 nitrogen and oxygen atoms in total. The summed E-state index contributed by atoms with van der Waals surface area (Å²) in [6, 6.07) is 0.174. The molecule has 0 aromatic rings. The minimum atomic E-state index is -2.90. The summed E-state index contributed by atoms with van der Waals surface area (Å²) in [5.41, 5.74) is 0. The van der Waals surface area contributed by atoms with E-state index in [1.54, 1.807) is 0 Å². The van der Waals surface area contributed by atoms with Crippen LogP contribution in [0.15, 0.2) is 0 Å². The Hall–Kier alpha value is -0.0900. The Bertz CT molecular complexity index is 287. The number of sulfone groups is 1. The zero-order chi connectivity index (χ0) is 11.5. The van der Waals surface area contributed by atoms with Crippen LogP contribution in [0, 0.1) is 5.92 Å². The average molecular weight is 233 g/mol. The first-order chi connectivity index (χ1) is 6.99. The van der Waals surface area contributed by atoms with Crippen LogP contribution in [0.5, 0.6) is 0 Å². The lowest BCUT2D eigenvalue weighted by Crippen LogP contribution is -2.47. The quantitative estimate of drug-likeness (QED) is 0.802. The van der Waals surface area contributed by atoms with E-state index in [2.05, 4.69) is 12.2 Å². The van der Waals surface area contributed by atoms with Gasteiger partial charge in [-0.15, -0.1) is 0 Å². The Labute approximate surface area is 93.6 Å². The predicted octanol–water partition coefficient (Wildman–Crippen LogP) is 1.59. The minimum Gasteiger partial charge on any atom is -0.313 e. The van der Waals surface area contributed by atoms with E-state index in [4.69, 9.17) is 0 Å². The van der Waals surface area contributed by atoms with Crippen molar-refractivity contribution in [2.45, 2.75) is 50.8 Å². The largest absolute Gasteiger partial charge is 0.313 e. The molecule has 15 heavy (non-hydrogen) atoms. The van der Waals surface area contributed by atoms with E-state index in [0.29, 0.717) is 5.92 Å². The minimum absolute atomic E-state index is 0.170. The lowest BCUT2D eigenvalue weighted by Gasteiger charge is -2.35. The molecular weight excluding hydrogens is 210 g/mol. The second-order valence-corrected chi connectivity index (χ2v) is 6.88. The number of hydrogen-bond acceptors (Lipinski definition) is 3. The van der Waals surface area contributed by atoms with E-state index in [9.17, 15) is 8.42 Å². The Morgan fingerprint density at radius 1 is 1.27 bits per heavy atom. The van der Waals surface area contributed by atoms with Gasteiger partial charge in [-0.05, 0) is 31.7 Å². The highest BCUT2D eigenvalue weighted by atomic mass is 32.2. The molecule has 0 bridgehead atoms. The molecule has 0 aliphatic heterocycles. The van der Waals surface area contributed by atoms with Crippen molar-refractivity contribution in [2.75, 3.05) is 12.8 Å². The molecule has 1 N–H and O–H groups in total. The van der Waals surface area contributed by atoms with Gasteiger partial charge in [-0.25, -0.2) is 8.42 Å². The van der Waals surface area contributed by atoms with E-state index in [1.807, 2.05) is 6.92 Å². The predicted molar refractivity (Wildman–Crippen MR) is 63.7 cm³/mol. The van der Waals surface area contributed by atoms with Gasteiger partial charge in [0.1, 0.15) is 0 Å². The third-order valence-corrected chi connectivity index (χ3v) is 5.11. The van der Waals surface area contributed by atoms with Crippen molar-refractivity contribution in [2.24, 2.45) is 5.92 Å². The fraction of sp³-hybridized carbons (Fsp3) is 1.00. The van der Waals surface area contributed by atoms with Gasteiger partial charge in [0.2, 0.25) is 0 Å². The van der Waals surface area contributed by atoms with E-state index >= 15 is 0 Å². The van der Waals surface area contributed by atoms with Crippen molar-refractivity contribution in [3.05, 3.63) is 0 Å². The summed E-state index contributed by atoms with van der Waals surface area (Å²) in [6.07, 6.45) is 5.49. The monoisotopic (exact) mass is 233 g/mol. The third kappa shape index (κ3) is 3.45. The van der Waals surface area contributed by atoms with Crippen LogP contribution in [0.1, 0.15) is 39.5 Å². The third-order valence-electron chi connectivity index (χ3n) is 3.49. The molecule has 1 rings (SSSR count). The summed E-state index contributed by atoms with van der Waals surface area (Å²) in [6.45, 7) is 5.04. The van der Waals surface area contributed by atoms with Crippen LogP contribution in [0.25, 0.3) is 0 Å². The first-order valence-corrected chi connectivity index (χ1v) is 7.86. The van der Waals surface area contributed by atoms with E-state index in [-0.39, 0.29) is 11.3 Å². The summed E-state index contributed by atoms with van der Waals surface area (Å²) >= 11 is 0. The van der Waals surface area contributed by atoms with Crippen molar-refractivity contribution in [1.29, 1.82) is 0 Å². The maximum Gasteiger partial charge on any atom is 0.151 e. The molecule has 4 heteroatoms. The highest BCUT2D eigenvalue weighted by Crippen LogP contribution is 2.30.